The first kappa shape index (κ1) is 7.42. The highest BCUT2D eigenvalue weighted by Crippen LogP contribution is 2.06. The Balaban J connectivity index is 2.81. The highest BCUT2D eigenvalue weighted by Gasteiger charge is 2.17. The van der Waals surface area contributed by atoms with Crippen molar-refractivity contribution in [2.75, 3.05) is 0 Å². The van der Waals surface area contributed by atoms with Crippen LogP contribution in [0.15, 0.2) is 24.4 Å². The van der Waals surface area contributed by atoms with Crippen LogP contribution in [0.3, 0.4) is 0 Å². The maximum atomic E-state index is 10.5. The van der Waals surface area contributed by atoms with Crippen LogP contribution in [0.2, 0.25) is 0 Å². The molecule has 11 heavy (non-hydrogen) atoms. The Hall–Kier alpha value is -1.69. The fraction of sp³-hybridized carbons (Fsp3) is 0.125. The Morgan fingerprint density at radius 3 is 2.82 bits per heavy atom. The van der Waals surface area contributed by atoms with Crippen LogP contribution >= 0.6 is 0 Å². The van der Waals surface area contributed by atoms with Crippen molar-refractivity contribution in [1.82, 2.24) is 4.90 Å². The monoisotopic (exact) mass is 149 g/mol. The van der Waals surface area contributed by atoms with Crippen LogP contribution in [0.4, 0.5) is 4.79 Å². The molecule has 3 nitrogen and oxygen atoms in total. The zero-order chi connectivity index (χ0) is 8.27. The van der Waals surface area contributed by atoms with E-state index < -0.39 is 12.1 Å². The Morgan fingerprint density at radius 2 is 2.36 bits per heavy atom. The molecule has 0 aromatic rings. The van der Waals surface area contributed by atoms with Crippen LogP contribution < -0.4 is 0 Å². The number of rotatable bonds is 0. The van der Waals surface area contributed by atoms with E-state index in [-0.39, 0.29) is 0 Å². The van der Waals surface area contributed by atoms with Crippen LogP contribution in [0.5, 0.6) is 0 Å². The second-order valence-electron chi connectivity index (χ2n) is 2.03. The van der Waals surface area contributed by atoms with Crippen LogP contribution in [-0.2, 0) is 0 Å². The summed E-state index contributed by atoms with van der Waals surface area (Å²) >= 11 is 0. The van der Waals surface area contributed by atoms with Gasteiger partial charge in [-0.2, -0.15) is 0 Å². The molecule has 0 spiro atoms. The minimum absolute atomic E-state index is 0.461. The van der Waals surface area contributed by atoms with E-state index in [1.54, 1.807) is 18.2 Å². The van der Waals surface area contributed by atoms with Crippen LogP contribution in [0.25, 0.3) is 0 Å². The van der Waals surface area contributed by atoms with Crippen molar-refractivity contribution < 1.29 is 9.90 Å². The third kappa shape index (κ3) is 1.41. The summed E-state index contributed by atoms with van der Waals surface area (Å²) in [4.78, 5) is 11.5. The van der Waals surface area contributed by atoms with Gasteiger partial charge in [0.15, 0.2) is 0 Å². The molecule has 56 valence electrons. The largest absolute Gasteiger partial charge is 0.465 e. The summed E-state index contributed by atoms with van der Waals surface area (Å²) < 4.78 is 0. The number of hydrogen-bond acceptors (Lipinski definition) is 1. The van der Waals surface area contributed by atoms with Gasteiger partial charge in [0.05, 0.1) is 0 Å². The second-order valence-corrected chi connectivity index (χ2v) is 2.03. The van der Waals surface area contributed by atoms with Gasteiger partial charge in [-0.3, -0.25) is 4.90 Å². The summed E-state index contributed by atoms with van der Waals surface area (Å²) in [5.74, 6) is 2.34. The summed E-state index contributed by atoms with van der Waals surface area (Å²) in [5.41, 5.74) is 0. The molecule has 0 aromatic carbocycles. The Morgan fingerprint density at radius 1 is 1.64 bits per heavy atom. The average molecular weight is 149 g/mol. The van der Waals surface area contributed by atoms with E-state index >= 15 is 0 Å². The molecule has 1 atom stereocenters. The molecule has 0 saturated carbocycles. The topological polar surface area (TPSA) is 40.5 Å². The standard InChI is InChI=1S/C8H7NO2/c1-2-7-5-3-4-6-9(7)8(10)11/h1,3-7H,(H,10,11). The number of hydrogen-bond donors (Lipinski definition) is 1. The van der Waals surface area contributed by atoms with E-state index in [1.165, 1.54) is 6.20 Å². The fourth-order valence-corrected chi connectivity index (χ4v) is 0.816. The lowest BCUT2D eigenvalue weighted by Gasteiger charge is -2.20. The van der Waals surface area contributed by atoms with E-state index in [2.05, 4.69) is 5.92 Å². The molecule has 1 N–H and O–H groups in total. The van der Waals surface area contributed by atoms with Gasteiger partial charge >= 0.3 is 6.09 Å². The molecule has 0 radical (unpaired) electrons. The smallest absolute Gasteiger partial charge is 0.412 e. The third-order valence-corrected chi connectivity index (χ3v) is 1.34. The number of allylic oxidation sites excluding steroid dienone is 2. The molecular weight excluding hydrogens is 142 g/mol. The Bertz CT molecular complexity index is 260. The maximum Gasteiger partial charge on any atom is 0.412 e. The maximum absolute atomic E-state index is 10.5. The first-order valence-electron chi connectivity index (χ1n) is 3.08. The van der Waals surface area contributed by atoms with Crippen LogP contribution in [0.1, 0.15) is 0 Å². The molecule has 1 aliphatic heterocycles. The SMILES string of the molecule is C#CC1C=CC=CN1C(=O)O. The Kier molecular flexibility index (Phi) is 1.98. The molecular formula is C8H7NO2. The number of amides is 1. The third-order valence-electron chi connectivity index (χ3n) is 1.34. The van der Waals surface area contributed by atoms with Gasteiger partial charge in [0.1, 0.15) is 6.04 Å². The lowest BCUT2D eigenvalue weighted by Crippen LogP contribution is -2.33. The van der Waals surface area contributed by atoms with Crippen molar-refractivity contribution in [3.63, 3.8) is 0 Å². The minimum atomic E-state index is -1.03. The Labute approximate surface area is 64.6 Å². The van der Waals surface area contributed by atoms with E-state index in [9.17, 15) is 4.79 Å². The molecule has 1 amide bonds. The number of nitrogens with zero attached hydrogens (tertiary/aromatic N) is 1. The summed E-state index contributed by atoms with van der Waals surface area (Å²) in [7, 11) is 0. The molecule has 0 saturated heterocycles. The predicted molar refractivity (Wildman–Crippen MR) is 40.8 cm³/mol. The van der Waals surface area contributed by atoms with Crippen molar-refractivity contribution in [3.05, 3.63) is 24.4 Å². The number of carbonyl (C=O) groups is 1. The summed E-state index contributed by atoms with van der Waals surface area (Å²) in [6.45, 7) is 0. The molecule has 1 heterocycles. The van der Waals surface area contributed by atoms with Crippen molar-refractivity contribution in [3.8, 4) is 12.3 Å². The van der Waals surface area contributed by atoms with Crippen molar-refractivity contribution in [1.29, 1.82) is 0 Å². The predicted octanol–water partition coefficient (Wildman–Crippen LogP) is 1.05. The molecule has 0 fully saturated rings. The molecule has 3 heteroatoms. The zero-order valence-electron chi connectivity index (χ0n) is 5.77. The highest BCUT2D eigenvalue weighted by molar-refractivity contribution is 5.68. The quantitative estimate of drug-likeness (QED) is 0.523. The number of terminal acetylenes is 1. The van der Waals surface area contributed by atoms with Gasteiger partial charge in [-0.05, 0) is 12.2 Å². The molecule has 1 unspecified atom stereocenters. The van der Waals surface area contributed by atoms with Gasteiger partial charge in [-0.15, -0.1) is 6.42 Å². The van der Waals surface area contributed by atoms with E-state index in [0.717, 1.165) is 4.90 Å². The van der Waals surface area contributed by atoms with Crippen molar-refractivity contribution in [2.24, 2.45) is 0 Å². The second kappa shape index (κ2) is 2.93. The summed E-state index contributed by atoms with van der Waals surface area (Å²) in [6.07, 6.45) is 10.5. The fourth-order valence-electron chi connectivity index (χ4n) is 0.816. The molecule has 0 bridgehead atoms. The molecule has 0 aliphatic carbocycles. The van der Waals surface area contributed by atoms with E-state index in [4.69, 9.17) is 11.5 Å². The molecule has 1 rings (SSSR count). The lowest BCUT2D eigenvalue weighted by atomic mass is 10.2. The van der Waals surface area contributed by atoms with Gasteiger partial charge in [0, 0.05) is 6.20 Å². The van der Waals surface area contributed by atoms with Gasteiger partial charge in [-0.25, -0.2) is 4.79 Å². The summed E-state index contributed by atoms with van der Waals surface area (Å²) in [6, 6.07) is -0.461. The van der Waals surface area contributed by atoms with Crippen molar-refractivity contribution >= 4 is 6.09 Å². The average Bonchev–Trinajstić information content (AvgIpc) is 2.04. The lowest BCUT2D eigenvalue weighted by molar-refractivity contribution is 0.160. The highest BCUT2D eigenvalue weighted by atomic mass is 16.4. The molecule has 1 aliphatic rings. The molecule has 0 aromatic heterocycles. The van der Waals surface area contributed by atoms with Crippen LogP contribution in [-0.4, -0.2) is 22.1 Å². The van der Waals surface area contributed by atoms with Gasteiger partial charge in [0.25, 0.3) is 0 Å². The minimum Gasteiger partial charge on any atom is -0.465 e. The normalized spacial score (nSPS) is 21.4. The van der Waals surface area contributed by atoms with E-state index in [0.29, 0.717) is 0 Å². The first-order chi connectivity index (χ1) is 5.25. The van der Waals surface area contributed by atoms with Gasteiger partial charge in [0.2, 0.25) is 0 Å². The zero-order valence-corrected chi connectivity index (χ0v) is 5.77. The van der Waals surface area contributed by atoms with Gasteiger partial charge in [-0.1, -0.05) is 12.0 Å². The van der Waals surface area contributed by atoms with Crippen molar-refractivity contribution in [2.45, 2.75) is 6.04 Å². The van der Waals surface area contributed by atoms with E-state index in [1.807, 2.05) is 0 Å². The summed E-state index contributed by atoms with van der Waals surface area (Å²) in [5, 5.41) is 8.59. The first-order valence-corrected chi connectivity index (χ1v) is 3.08. The number of carboxylic acid groups (broad SMARTS) is 1. The van der Waals surface area contributed by atoms with Crippen LogP contribution in [0, 0.1) is 12.3 Å². The van der Waals surface area contributed by atoms with Gasteiger partial charge < -0.3 is 5.11 Å².